The normalized spacial score (nSPS) is 17.8. The minimum atomic E-state index is -0.304. The topological polar surface area (TPSA) is 85.5 Å². The summed E-state index contributed by atoms with van der Waals surface area (Å²) in [4.78, 5) is 23.9. The van der Waals surface area contributed by atoms with E-state index in [4.69, 9.17) is 9.15 Å². The van der Waals surface area contributed by atoms with Gasteiger partial charge in [-0.2, -0.15) is 0 Å². The molecule has 1 atom stereocenters. The van der Waals surface area contributed by atoms with E-state index >= 15 is 0 Å². The van der Waals surface area contributed by atoms with Gasteiger partial charge in [0.2, 0.25) is 5.91 Å². The third-order valence-corrected chi connectivity index (χ3v) is 3.86. The fourth-order valence-corrected chi connectivity index (χ4v) is 2.61. The third kappa shape index (κ3) is 2.99. The van der Waals surface area contributed by atoms with Gasteiger partial charge < -0.3 is 24.4 Å². The largest absolute Gasteiger partial charge is 0.463 e. The highest BCUT2D eigenvalue weighted by molar-refractivity contribution is 5.99. The molecule has 3 heterocycles. The Balaban J connectivity index is 1.50. The number of aromatic nitrogens is 1. The van der Waals surface area contributed by atoms with Crippen LogP contribution in [-0.2, 0) is 16.6 Å². The standard InChI is InChI=1S/C15H19N3O4/c1-18-11-4-6-22-13(11)7-12(18)15(20)17-9-14(19)16-8-10-3-2-5-21-10/h4,6-7,10H,2-3,5,8-9H2,1H3,(H,16,19)(H,17,20). The number of fused-ring (bicyclic) bond motifs is 1. The number of hydrogen-bond acceptors (Lipinski definition) is 4. The molecule has 1 fully saturated rings. The SMILES string of the molecule is Cn1c(C(=O)NCC(=O)NCC2CCCO2)cc2occc21. The first-order chi connectivity index (χ1) is 10.6. The van der Waals surface area contributed by atoms with Gasteiger partial charge in [-0.3, -0.25) is 9.59 Å². The summed E-state index contributed by atoms with van der Waals surface area (Å²) in [7, 11) is 1.78. The average Bonchev–Trinajstić information content (AvgIpc) is 3.22. The summed E-state index contributed by atoms with van der Waals surface area (Å²) in [5.74, 6) is -0.525. The Hall–Kier alpha value is -2.28. The Morgan fingerprint density at radius 3 is 3.00 bits per heavy atom. The Labute approximate surface area is 127 Å². The Kier molecular flexibility index (Phi) is 4.15. The number of rotatable bonds is 5. The van der Waals surface area contributed by atoms with E-state index in [-0.39, 0.29) is 24.5 Å². The third-order valence-electron chi connectivity index (χ3n) is 3.86. The van der Waals surface area contributed by atoms with Gasteiger partial charge in [-0.1, -0.05) is 0 Å². The van der Waals surface area contributed by atoms with Crippen molar-refractivity contribution in [1.29, 1.82) is 0 Å². The van der Waals surface area contributed by atoms with Crippen molar-refractivity contribution in [1.82, 2.24) is 15.2 Å². The fourth-order valence-electron chi connectivity index (χ4n) is 2.61. The van der Waals surface area contributed by atoms with Crippen LogP contribution >= 0.6 is 0 Å². The van der Waals surface area contributed by atoms with Gasteiger partial charge in [0.15, 0.2) is 5.58 Å². The van der Waals surface area contributed by atoms with Crippen LogP contribution in [0.4, 0.5) is 0 Å². The molecule has 3 rings (SSSR count). The summed E-state index contributed by atoms with van der Waals surface area (Å²) in [6.45, 7) is 1.19. The first kappa shape index (κ1) is 14.6. The second-order valence-electron chi connectivity index (χ2n) is 5.38. The quantitative estimate of drug-likeness (QED) is 0.855. The number of carbonyl (C=O) groups is 2. The maximum absolute atomic E-state index is 12.1. The predicted octanol–water partition coefficient (Wildman–Crippen LogP) is 0.796. The number of furan rings is 1. The summed E-state index contributed by atoms with van der Waals surface area (Å²) in [6, 6.07) is 3.45. The highest BCUT2D eigenvalue weighted by atomic mass is 16.5. The molecule has 2 amide bonds. The molecule has 0 bridgehead atoms. The van der Waals surface area contributed by atoms with Crippen molar-refractivity contribution < 1.29 is 18.7 Å². The summed E-state index contributed by atoms with van der Waals surface area (Å²) >= 11 is 0. The van der Waals surface area contributed by atoms with Gasteiger partial charge in [0, 0.05) is 32.3 Å². The van der Waals surface area contributed by atoms with Crippen molar-refractivity contribution in [3.63, 3.8) is 0 Å². The predicted molar refractivity (Wildman–Crippen MR) is 79.5 cm³/mol. The van der Waals surface area contributed by atoms with Gasteiger partial charge in [0.25, 0.3) is 5.91 Å². The fraction of sp³-hybridized carbons (Fsp3) is 0.467. The molecule has 7 heteroatoms. The summed E-state index contributed by atoms with van der Waals surface area (Å²) in [6.07, 6.45) is 3.67. The number of carbonyl (C=O) groups excluding carboxylic acids is 2. The van der Waals surface area contributed by atoms with Crippen molar-refractivity contribution >= 4 is 22.9 Å². The van der Waals surface area contributed by atoms with Crippen molar-refractivity contribution in [2.75, 3.05) is 19.7 Å². The molecular weight excluding hydrogens is 286 g/mol. The molecule has 1 unspecified atom stereocenters. The van der Waals surface area contributed by atoms with E-state index < -0.39 is 0 Å². The van der Waals surface area contributed by atoms with Crippen LogP contribution in [0.2, 0.25) is 0 Å². The molecule has 0 aromatic carbocycles. The summed E-state index contributed by atoms with van der Waals surface area (Å²) in [5, 5.41) is 5.38. The van der Waals surface area contributed by atoms with Crippen molar-refractivity contribution in [3.05, 3.63) is 24.1 Å². The maximum Gasteiger partial charge on any atom is 0.268 e. The first-order valence-corrected chi connectivity index (χ1v) is 7.34. The minimum Gasteiger partial charge on any atom is -0.463 e. The molecule has 118 valence electrons. The molecule has 2 aromatic heterocycles. The zero-order chi connectivity index (χ0) is 15.5. The van der Waals surface area contributed by atoms with E-state index in [1.807, 2.05) is 0 Å². The van der Waals surface area contributed by atoms with Crippen molar-refractivity contribution in [2.24, 2.45) is 7.05 Å². The minimum absolute atomic E-state index is 0.0574. The smallest absolute Gasteiger partial charge is 0.268 e. The summed E-state index contributed by atoms with van der Waals surface area (Å²) < 4.78 is 12.4. The first-order valence-electron chi connectivity index (χ1n) is 7.34. The van der Waals surface area contributed by atoms with E-state index in [0.717, 1.165) is 25.0 Å². The number of ether oxygens (including phenoxy) is 1. The van der Waals surface area contributed by atoms with E-state index in [9.17, 15) is 9.59 Å². The second-order valence-corrected chi connectivity index (χ2v) is 5.38. The Morgan fingerprint density at radius 1 is 1.41 bits per heavy atom. The molecule has 7 nitrogen and oxygen atoms in total. The van der Waals surface area contributed by atoms with Crippen LogP contribution in [0.1, 0.15) is 23.3 Å². The van der Waals surface area contributed by atoms with Crippen LogP contribution in [0.3, 0.4) is 0 Å². The van der Waals surface area contributed by atoms with Gasteiger partial charge in [0.05, 0.1) is 24.4 Å². The molecule has 0 saturated carbocycles. The van der Waals surface area contributed by atoms with Gasteiger partial charge in [-0.15, -0.1) is 0 Å². The lowest BCUT2D eigenvalue weighted by atomic mass is 10.2. The molecule has 1 aliphatic heterocycles. The van der Waals surface area contributed by atoms with Gasteiger partial charge in [-0.05, 0) is 12.8 Å². The van der Waals surface area contributed by atoms with E-state index in [0.29, 0.717) is 17.8 Å². The molecule has 0 radical (unpaired) electrons. The van der Waals surface area contributed by atoms with Crippen LogP contribution in [0.5, 0.6) is 0 Å². The zero-order valence-corrected chi connectivity index (χ0v) is 12.4. The van der Waals surface area contributed by atoms with Gasteiger partial charge in [0.1, 0.15) is 5.69 Å². The van der Waals surface area contributed by atoms with Crippen LogP contribution in [0.25, 0.3) is 11.1 Å². The molecule has 0 aliphatic carbocycles. The Morgan fingerprint density at radius 2 is 2.27 bits per heavy atom. The molecule has 1 saturated heterocycles. The highest BCUT2D eigenvalue weighted by Crippen LogP contribution is 2.19. The monoisotopic (exact) mass is 305 g/mol. The van der Waals surface area contributed by atoms with Gasteiger partial charge in [-0.25, -0.2) is 0 Å². The van der Waals surface area contributed by atoms with Gasteiger partial charge >= 0.3 is 0 Å². The molecular formula is C15H19N3O4. The molecule has 0 spiro atoms. The van der Waals surface area contributed by atoms with E-state index in [2.05, 4.69) is 10.6 Å². The highest BCUT2D eigenvalue weighted by Gasteiger charge is 2.18. The lowest BCUT2D eigenvalue weighted by Crippen LogP contribution is -2.40. The lowest BCUT2D eigenvalue weighted by molar-refractivity contribution is -0.120. The van der Waals surface area contributed by atoms with E-state index in [1.54, 1.807) is 30.0 Å². The number of amides is 2. The maximum atomic E-state index is 12.1. The van der Waals surface area contributed by atoms with Crippen molar-refractivity contribution in [2.45, 2.75) is 18.9 Å². The molecule has 22 heavy (non-hydrogen) atoms. The van der Waals surface area contributed by atoms with Crippen molar-refractivity contribution in [3.8, 4) is 0 Å². The number of nitrogens with zero attached hydrogens (tertiary/aromatic N) is 1. The number of aryl methyl sites for hydroxylation is 1. The molecule has 1 aliphatic rings. The lowest BCUT2D eigenvalue weighted by Gasteiger charge is -2.11. The summed E-state index contributed by atoms with van der Waals surface area (Å²) in [5.41, 5.74) is 1.95. The molecule has 2 aromatic rings. The van der Waals surface area contributed by atoms with Crippen LogP contribution in [0, 0.1) is 0 Å². The molecule has 2 N–H and O–H groups in total. The Bertz CT molecular complexity index is 682. The number of hydrogen-bond donors (Lipinski definition) is 2. The zero-order valence-electron chi connectivity index (χ0n) is 12.4. The van der Waals surface area contributed by atoms with Crippen LogP contribution < -0.4 is 10.6 Å². The van der Waals surface area contributed by atoms with Crippen LogP contribution in [-0.4, -0.2) is 42.2 Å². The second kappa shape index (κ2) is 6.23. The number of nitrogens with one attached hydrogen (secondary N) is 2. The van der Waals surface area contributed by atoms with Crippen LogP contribution in [0.15, 0.2) is 22.8 Å². The average molecular weight is 305 g/mol. The van der Waals surface area contributed by atoms with E-state index in [1.165, 1.54) is 0 Å².